The number of benzene rings is 1. The monoisotopic (exact) mass is 331 g/mol. The molecule has 1 heterocycles. The molecule has 1 N–H and O–H groups in total. The Morgan fingerprint density at radius 3 is 2.62 bits per heavy atom. The molecule has 5 nitrogen and oxygen atoms in total. The normalized spacial score (nSPS) is 10.5. The van der Waals surface area contributed by atoms with Crippen LogP contribution in [-0.2, 0) is 6.54 Å². The van der Waals surface area contributed by atoms with Crippen molar-refractivity contribution in [1.82, 2.24) is 5.32 Å². The Hall–Kier alpha value is -2.43. The summed E-state index contributed by atoms with van der Waals surface area (Å²) in [5, 5.41) is 2.90. The van der Waals surface area contributed by atoms with Crippen molar-refractivity contribution >= 4 is 5.91 Å². The molecule has 2 rings (SSSR count). The molecule has 0 fully saturated rings. The Bertz CT molecular complexity index is 691. The molecule has 0 aliphatic heterocycles. The Kier molecular flexibility index (Phi) is 6.29. The van der Waals surface area contributed by atoms with Crippen molar-refractivity contribution in [2.45, 2.75) is 40.2 Å². The van der Waals surface area contributed by atoms with E-state index in [1.54, 1.807) is 25.3 Å². The number of carbonyl (C=O) groups excluding carboxylic acids is 1. The van der Waals surface area contributed by atoms with Gasteiger partial charge in [-0.2, -0.15) is 0 Å². The molecule has 0 aliphatic carbocycles. The predicted molar refractivity (Wildman–Crippen MR) is 92.7 cm³/mol. The van der Waals surface area contributed by atoms with Gasteiger partial charge in [-0.05, 0) is 44.5 Å². The van der Waals surface area contributed by atoms with Crippen LogP contribution in [0.4, 0.5) is 0 Å². The summed E-state index contributed by atoms with van der Waals surface area (Å²) < 4.78 is 16.5. The van der Waals surface area contributed by atoms with Crippen LogP contribution in [0.5, 0.6) is 11.5 Å². The van der Waals surface area contributed by atoms with Crippen LogP contribution in [0.2, 0.25) is 0 Å². The molecule has 1 aromatic heterocycles. The van der Waals surface area contributed by atoms with Crippen molar-refractivity contribution < 1.29 is 18.7 Å². The minimum absolute atomic E-state index is 0.160. The average Bonchev–Trinajstić information content (AvgIpc) is 2.90. The second-order valence-corrected chi connectivity index (χ2v) is 5.69. The maximum Gasteiger partial charge on any atom is 0.251 e. The Labute approximate surface area is 143 Å². The second-order valence-electron chi connectivity index (χ2n) is 5.69. The molecule has 130 valence electrons. The Morgan fingerprint density at radius 1 is 1.21 bits per heavy atom. The van der Waals surface area contributed by atoms with Gasteiger partial charge in [-0.25, -0.2) is 0 Å². The van der Waals surface area contributed by atoms with Crippen LogP contribution >= 0.6 is 0 Å². The fraction of sp³-hybridized carbons (Fsp3) is 0.421. The van der Waals surface area contributed by atoms with E-state index >= 15 is 0 Å². The highest BCUT2D eigenvalue weighted by molar-refractivity contribution is 5.94. The van der Waals surface area contributed by atoms with Crippen LogP contribution in [0.25, 0.3) is 0 Å². The summed E-state index contributed by atoms with van der Waals surface area (Å²) in [6.45, 7) is 6.95. The number of aryl methyl sites for hydroxylation is 2. The molecule has 5 heteroatoms. The average molecular weight is 331 g/mol. The van der Waals surface area contributed by atoms with Gasteiger partial charge in [-0.1, -0.05) is 13.3 Å². The van der Waals surface area contributed by atoms with E-state index in [0.29, 0.717) is 30.2 Å². The van der Waals surface area contributed by atoms with E-state index in [0.717, 1.165) is 29.9 Å². The van der Waals surface area contributed by atoms with Gasteiger partial charge in [0.25, 0.3) is 5.91 Å². The quantitative estimate of drug-likeness (QED) is 0.742. The lowest BCUT2D eigenvalue weighted by atomic mass is 10.1. The number of hydrogen-bond donors (Lipinski definition) is 1. The fourth-order valence-electron chi connectivity index (χ4n) is 2.39. The minimum Gasteiger partial charge on any atom is -0.493 e. The Morgan fingerprint density at radius 2 is 2.00 bits per heavy atom. The number of furan rings is 1. The van der Waals surface area contributed by atoms with E-state index < -0.39 is 0 Å². The summed E-state index contributed by atoms with van der Waals surface area (Å²) in [5.41, 5.74) is 1.51. The highest BCUT2D eigenvalue weighted by Gasteiger charge is 2.12. The number of hydrogen-bond acceptors (Lipinski definition) is 4. The van der Waals surface area contributed by atoms with Crippen LogP contribution in [0.3, 0.4) is 0 Å². The van der Waals surface area contributed by atoms with Crippen LogP contribution in [0.15, 0.2) is 28.7 Å². The smallest absolute Gasteiger partial charge is 0.251 e. The van der Waals surface area contributed by atoms with Gasteiger partial charge in [0, 0.05) is 17.7 Å². The molecule has 2 aromatic rings. The van der Waals surface area contributed by atoms with E-state index in [-0.39, 0.29) is 5.91 Å². The lowest BCUT2D eigenvalue weighted by Crippen LogP contribution is -2.22. The number of unbranched alkanes of at least 4 members (excludes halogenated alkanes) is 1. The minimum atomic E-state index is -0.160. The number of methoxy groups -OCH3 is 1. The zero-order chi connectivity index (χ0) is 17.5. The highest BCUT2D eigenvalue weighted by Crippen LogP contribution is 2.28. The van der Waals surface area contributed by atoms with Gasteiger partial charge < -0.3 is 19.2 Å². The third-order valence-corrected chi connectivity index (χ3v) is 3.76. The molecular formula is C19H25NO4. The van der Waals surface area contributed by atoms with Crippen LogP contribution < -0.4 is 14.8 Å². The first kappa shape index (κ1) is 17.9. The van der Waals surface area contributed by atoms with Gasteiger partial charge in [0.1, 0.15) is 11.5 Å². The topological polar surface area (TPSA) is 60.7 Å². The summed E-state index contributed by atoms with van der Waals surface area (Å²) in [6, 6.07) is 7.15. The van der Waals surface area contributed by atoms with E-state index in [4.69, 9.17) is 13.9 Å². The number of ether oxygens (including phenoxy) is 2. The molecule has 0 radical (unpaired) electrons. The zero-order valence-corrected chi connectivity index (χ0v) is 14.8. The van der Waals surface area contributed by atoms with Crippen molar-refractivity contribution in [2.75, 3.05) is 13.7 Å². The van der Waals surface area contributed by atoms with Gasteiger partial charge in [-0.3, -0.25) is 4.79 Å². The standard InChI is InChI=1S/C19H25NO4/c1-5-6-9-23-17-8-7-15(11-18(17)22-4)19(21)20-12-16-10-13(2)24-14(16)3/h7-8,10-11H,5-6,9,12H2,1-4H3,(H,20,21). The number of rotatable bonds is 8. The molecule has 1 amide bonds. The van der Waals surface area contributed by atoms with Gasteiger partial charge in [0.2, 0.25) is 0 Å². The maximum absolute atomic E-state index is 12.3. The van der Waals surface area contributed by atoms with Crippen molar-refractivity contribution in [2.24, 2.45) is 0 Å². The largest absolute Gasteiger partial charge is 0.493 e. The molecule has 0 aliphatic rings. The summed E-state index contributed by atoms with van der Waals surface area (Å²) >= 11 is 0. The molecular weight excluding hydrogens is 306 g/mol. The van der Waals surface area contributed by atoms with Crippen LogP contribution in [0.1, 0.15) is 47.2 Å². The summed E-state index contributed by atoms with van der Waals surface area (Å²) in [6.07, 6.45) is 2.05. The molecule has 0 unspecified atom stereocenters. The van der Waals surface area contributed by atoms with E-state index in [1.807, 2.05) is 19.9 Å². The number of amides is 1. The van der Waals surface area contributed by atoms with Crippen molar-refractivity contribution in [3.63, 3.8) is 0 Å². The maximum atomic E-state index is 12.3. The molecule has 0 saturated carbocycles. The van der Waals surface area contributed by atoms with E-state index in [1.165, 1.54) is 0 Å². The first-order valence-corrected chi connectivity index (χ1v) is 8.20. The summed E-state index contributed by atoms with van der Waals surface area (Å²) in [5.74, 6) is 2.72. The van der Waals surface area contributed by atoms with E-state index in [2.05, 4.69) is 12.2 Å². The van der Waals surface area contributed by atoms with Gasteiger partial charge in [0.15, 0.2) is 11.5 Å². The third kappa shape index (κ3) is 4.54. The summed E-state index contributed by atoms with van der Waals surface area (Å²) in [7, 11) is 1.57. The predicted octanol–water partition coefficient (Wildman–Crippen LogP) is 4.01. The lowest BCUT2D eigenvalue weighted by Gasteiger charge is -2.12. The molecule has 0 spiro atoms. The van der Waals surface area contributed by atoms with Crippen molar-refractivity contribution in [3.05, 3.63) is 46.9 Å². The molecule has 24 heavy (non-hydrogen) atoms. The van der Waals surface area contributed by atoms with Gasteiger partial charge in [-0.15, -0.1) is 0 Å². The van der Waals surface area contributed by atoms with Crippen LogP contribution in [0, 0.1) is 13.8 Å². The van der Waals surface area contributed by atoms with E-state index in [9.17, 15) is 4.79 Å². The third-order valence-electron chi connectivity index (χ3n) is 3.76. The van der Waals surface area contributed by atoms with Gasteiger partial charge >= 0.3 is 0 Å². The fourth-order valence-corrected chi connectivity index (χ4v) is 2.39. The van der Waals surface area contributed by atoms with Crippen molar-refractivity contribution in [3.8, 4) is 11.5 Å². The first-order chi connectivity index (χ1) is 11.5. The lowest BCUT2D eigenvalue weighted by molar-refractivity contribution is 0.0950. The molecule has 0 saturated heterocycles. The number of nitrogens with one attached hydrogen (secondary N) is 1. The molecule has 0 atom stereocenters. The summed E-state index contributed by atoms with van der Waals surface area (Å²) in [4.78, 5) is 12.3. The SMILES string of the molecule is CCCCOc1ccc(C(=O)NCc2cc(C)oc2C)cc1OC. The highest BCUT2D eigenvalue weighted by atomic mass is 16.5. The first-order valence-electron chi connectivity index (χ1n) is 8.20. The Balaban J connectivity index is 2.02. The number of carbonyl (C=O) groups is 1. The van der Waals surface area contributed by atoms with Gasteiger partial charge in [0.05, 0.1) is 13.7 Å². The second kappa shape index (κ2) is 8.43. The molecule has 0 bridgehead atoms. The van der Waals surface area contributed by atoms with Crippen molar-refractivity contribution in [1.29, 1.82) is 0 Å². The molecule has 1 aromatic carbocycles. The zero-order valence-electron chi connectivity index (χ0n) is 14.8. The van der Waals surface area contributed by atoms with Crippen LogP contribution in [-0.4, -0.2) is 19.6 Å².